The van der Waals surface area contributed by atoms with E-state index in [1.165, 1.54) is 24.3 Å². The number of benzene rings is 2. The van der Waals surface area contributed by atoms with Crippen molar-refractivity contribution in [3.8, 4) is 5.75 Å². The number of hydrogen-bond acceptors (Lipinski definition) is 3. The van der Waals surface area contributed by atoms with Gasteiger partial charge in [0.25, 0.3) is 0 Å². The van der Waals surface area contributed by atoms with Gasteiger partial charge in [-0.25, -0.2) is 4.79 Å². The van der Waals surface area contributed by atoms with Crippen LogP contribution in [0.2, 0.25) is 0 Å². The second-order valence-electron chi connectivity index (χ2n) is 4.77. The fourth-order valence-electron chi connectivity index (χ4n) is 1.79. The first-order valence-electron chi connectivity index (χ1n) is 6.58. The normalized spacial score (nSPS) is 10.6. The van der Waals surface area contributed by atoms with Crippen molar-refractivity contribution in [1.82, 2.24) is 0 Å². The Bertz CT molecular complexity index is 733. The van der Waals surface area contributed by atoms with Crippen LogP contribution in [0.25, 0.3) is 6.08 Å². The van der Waals surface area contributed by atoms with E-state index < -0.39 is 11.9 Å². The molecule has 3 N–H and O–H groups in total. The van der Waals surface area contributed by atoms with Crippen LogP contribution in [0.5, 0.6) is 5.75 Å². The molecule has 0 aromatic heterocycles. The summed E-state index contributed by atoms with van der Waals surface area (Å²) < 4.78 is 0. The topological polar surface area (TPSA) is 86.6 Å². The highest BCUT2D eigenvalue weighted by molar-refractivity contribution is 6.03. The molecule has 5 heteroatoms. The van der Waals surface area contributed by atoms with Gasteiger partial charge in [-0.2, -0.15) is 0 Å². The van der Waals surface area contributed by atoms with Crippen LogP contribution in [0.15, 0.2) is 48.5 Å². The Balaban J connectivity index is 2.10. The number of anilines is 1. The number of carboxylic acid groups (broad SMARTS) is 1. The minimum Gasteiger partial charge on any atom is -0.506 e. The number of aromatic carboxylic acids is 1. The number of phenolic OH excluding ortho intramolecular Hbond substituents is 1. The van der Waals surface area contributed by atoms with Gasteiger partial charge in [0.05, 0.1) is 11.3 Å². The third-order valence-electron chi connectivity index (χ3n) is 3.01. The molecule has 0 aliphatic carbocycles. The zero-order valence-electron chi connectivity index (χ0n) is 11.9. The third-order valence-corrected chi connectivity index (χ3v) is 3.01. The van der Waals surface area contributed by atoms with Crippen molar-refractivity contribution in [3.63, 3.8) is 0 Å². The number of carboxylic acids is 1. The van der Waals surface area contributed by atoms with Crippen LogP contribution < -0.4 is 5.32 Å². The summed E-state index contributed by atoms with van der Waals surface area (Å²) in [5.74, 6) is -1.79. The fraction of sp³-hybridized carbons (Fsp3) is 0.0588. The van der Waals surface area contributed by atoms with Crippen molar-refractivity contribution in [3.05, 3.63) is 65.2 Å². The third kappa shape index (κ3) is 3.96. The van der Waals surface area contributed by atoms with Crippen molar-refractivity contribution >= 4 is 23.6 Å². The van der Waals surface area contributed by atoms with E-state index in [4.69, 9.17) is 5.11 Å². The van der Waals surface area contributed by atoms with E-state index in [0.29, 0.717) is 0 Å². The quantitative estimate of drug-likeness (QED) is 0.598. The van der Waals surface area contributed by atoms with Crippen LogP contribution in [0, 0.1) is 6.92 Å². The molecule has 0 saturated carbocycles. The molecular weight excluding hydrogens is 282 g/mol. The highest BCUT2D eigenvalue weighted by Crippen LogP contribution is 2.24. The zero-order valence-corrected chi connectivity index (χ0v) is 11.9. The molecule has 2 aromatic rings. The Labute approximate surface area is 127 Å². The van der Waals surface area contributed by atoms with E-state index in [-0.39, 0.29) is 17.0 Å². The van der Waals surface area contributed by atoms with Crippen LogP contribution in [0.3, 0.4) is 0 Å². The van der Waals surface area contributed by atoms with E-state index in [0.717, 1.165) is 11.1 Å². The molecule has 0 aliphatic heterocycles. The molecule has 0 heterocycles. The molecule has 0 atom stereocenters. The van der Waals surface area contributed by atoms with Gasteiger partial charge in [-0.1, -0.05) is 29.8 Å². The molecule has 0 saturated heterocycles. The number of carbonyl (C=O) groups is 2. The minimum atomic E-state index is -1.13. The Morgan fingerprint density at radius 1 is 1.09 bits per heavy atom. The van der Waals surface area contributed by atoms with Crippen molar-refractivity contribution < 1.29 is 19.8 Å². The molecule has 1 amide bonds. The lowest BCUT2D eigenvalue weighted by molar-refractivity contribution is -0.111. The van der Waals surface area contributed by atoms with Crippen LogP contribution in [-0.2, 0) is 4.79 Å². The maximum absolute atomic E-state index is 11.8. The summed E-state index contributed by atoms with van der Waals surface area (Å²) in [4.78, 5) is 22.7. The van der Waals surface area contributed by atoms with Crippen LogP contribution in [0.1, 0.15) is 21.5 Å². The van der Waals surface area contributed by atoms with E-state index in [1.807, 2.05) is 31.2 Å². The van der Waals surface area contributed by atoms with Crippen molar-refractivity contribution in [1.29, 1.82) is 0 Å². The Kier molecular flexibility index (Phi) is 4.58. The van der Waals surface area contributed by atoms with Crippen LogP contribution >= 0.6 is 0 Å². The Morgan fingerprint density at radius 2 is 1.77 bits per heavy atom. The highest BCUT2D eigenvalue weighted by atomic mass is 16.4. The van der Waals surface area contributed by atoms with Gasteiger partial charge in [0.15, 0.2) is 0 Å². The molecule has 2 aromatic carbocycles. The smallest absolute Gasteiger partial charge is 0.335 e. The van der Waals surface area contributed by atoms with E-state index >= 15 is 0 Å². The van der Waals surface area contributed by atoms with E-state index in [1.54, 1.807) is 6.08 Å². The van der Waals surface area contributed by atoms with Crippen LogP contribution in [0.4, 0.5) is 5.69 Å². The van der Waals surface area contributed by atoms with Gasteiger partial charge in [0.1, 0.15) is 5.75 Å². The first-order chi connectivity index (χ1) is 10.5. The Morgan fingerprint density at radius 3 is 2.41 bits per heavy atom. The number of phenols is 1. The number of nitrogens with one attached hydrogen (secondary N) is 1. The summed E-state index contributed by atoms with van der Waals surface area (Å²) in [6, 6.07) is 11.3. The number of rotatable bonds is 4. The molecule has 0 aliphatic rings. The zero-order chi connectivity index (χ0) is 16.1. The van der Waals surface area contributed by atoms with E-state index in [9.17, 15) is 14.7 Å². The predicted octanol–water partition coefficient (Wildman–Crippen LogP) is 3.05. The molecule has 0 bridgehead atoms. The fourth-order valence-corrected chi connectivity index (χ4v) is 1.79. The lowest BCUT2D eigenvalue weighted by Crippen LogP contribution is -2.09. The average Bonchev–Trinajstić information content (AvgIpc) is 2.48. The van der Waals surface area contributed by atoms with E-state index in [2.05, 4.69) is 5.32 Å². The van der Waals surface area contributed by atoms with Gasteiger partial charge in [-0.05, 0) is 36.8 Å². The number of aryl methyl sites for hydroxylation is 1. The van der Waals surface area contributed by atoms with Crippen molar-refractivity contribution in [2.75, 3.05) is 5.32 Å². The summed E-state index contributed by atoms with van der Waals surface area (Å²) >= 11 is 0. The second-order valence-corrected chi connectivity index (χ2v) is 4.77. The molecule has 0 radical (unpaired) electrons. The average molecular weight is 297 g/mol. The van der Waals surface area contributed by atoms with Gasteiger partial charge < -0.3 is 15.5 Å². The lowest BCUT2D eigenvalue weighted by atomic mass is 10.1. The SMILES string of the molecule is Cc1ccc(/C=C/C(=O)Nc2cc(C(=O)O)ccc2O)cc1. The van der Waals surface area contributed by atoms with Gasteiger partial charge in [-0.3, -0.25) is 4.79 Å². The summed E-state index contributed by atoms with van der Waals surface area (Å²) in [5.41, 5.74) is 2.02. The lowest BCUT2D eigenvalue weighted by Gasteiger charge is -2.06. The summed E-state index contributed by atoms with van der Waals surface area (Å²) in [7, 11) is 0. The molecule has 112 valence electrons. The molecule has 5 nitrogen and oxygen atoms in total. The molecule has 0 spiro atoms. The van der Waals surface area contributed by atoms with Gasteiger partial charge in [-0.15, -0.1) is 0 Å². The maximum Gasteiger partial charge on any atom is 0.335 e. The van der Waals surface area contributed by atoms with Gasteiger partial charge >= 0.3 is 5.97 Å². The van der Waals surface area contributed by atoms with Crippen LogP contribution in [-0.4, -0.2) is 22.1 Å². The molecule has 22 heavy (non-hydrogen) atoms. The maximum atomic E-state index is 11.8. The number of amides is 1. The molecular formula is C17H15NO4. The summed E-state index contributed by atoms with van der Waals surface area (Å²) in [5, 5.41) is 21.0. The highest BCUT2D eigenvalue weighted by Gasteiger charge is 2.09. The minimum absolute atomic E-state index is 0.0179. The first kappa shape index (κ1) is 15.3. The number of carbonyl (C=O) groups excluding carboxylic acids is 1. The molecule has 0 fully saturated rings. The van der Waals surface area contributed by atoms with Gasteiger partial charge in [0.2, 0.25) is 5.91 Å². The molecule has 0 unspecified atom stereocenters. The largest absolute Gasteiger partial charge is 0.506 e. The summed E-state index contributed by atoms with van der Waals surface area (Å²) in [6.07, 6.45) is 2.95. The van der Waals surface area contributed by atoms with Crippen molar-refractivity contribution in [2.24, 2.45) is 0 Å². The number of hydrogen-bond donors (Lipinski definition) is 3. The number of aromatic hydroxyl groups is 1. The van der Waals surface area contributed by atoms with Gasteiger partial charge in [0, 0.05) is 6.08 Å². The first-order valence-corrected chi connectivity index (χ1v) is 6.58. The molecule has 2 rings (SSSR count). The monoisotopic (exact) mass is 297 g/mol. The summed E-state index contributed by atoms with van der Waals surface area (Å²) in [6.45, 7) is 1.97. The standard InChI is InChI=1S/C17H15NO4/c1-11-2-4-12(5-3-11)6-9-16(20)18-14-10-13(17(21)22)7-8-15(14)19/h2-10,19H,1H3,(H,18,20)(H,21,22)/b9-6+. The predicted molar refractivity (Wildman–Crippen MR) is 83.9 cm³/mol. The van der Waals surface area contributed by atoms with Crippen molar-refractivity contribution in [2.45, 2.75) is 6.92 Å². The second kappa shape index (κ2) is 6.58. The Hall–Kier alpha value is -3.08.